The van der Waals surface area contributed by atoms with E-state index in [1.807, 2.05) is 37.3 Å². The van der Waals surface area contributed by atoms with E-state index in [0.717, 1.165) is 35.3 Å². The van der Waals surface area contributed by atoms with Crippen LogP contribution < -0.4 is 5.32 Å². The molecule has 4 rings (SSSR count). The van der Waals surface area contributed by atoms with E-state index in [2.05, 4.69) is 5.32 Å². The SMILES string of the molecule is Cc1ccc(C(=O)CN2C(=O)NC(C)(c3ccc4c(c3)CCC4)C2=O)cc1. The normalized spacial score (nSPS) is 21.3. The summed E-state index contributed by atoms with van der Waals surface area (Å²) in [5.74, 6) is -0.636. The molecule has 5 nitrogen and oxygen atoms in total. The first-order valence-corrected chi connectivity index (χ1v) is 9.25. The molecule has 1 aliphatic heterocycles. The van der Waals surface area contributed by atoms with Crippen molar-refractivity contribution < 1.29 is 14.4 Å². The highest BCUT2D eigenvalue weighted by atomic mass is 16.2. The second-order valence-electron chi connectivity index (χ2n) is 7.57. The standard InChI is InChI=1S/C22H22N2O3/c1-14-6-8-16(9-7-14)19(25)13-24-20(26)22(2,23-21(24)27)18-11-10-15-4-3-5-17(15)12-18/h6-12H,3-5,13H2,1-2H3,(H,23,27). The number of rotatable bonds is 4. The number of ketones is 1. The number of imide groups is 1. The lowest BCUT2D eigenvalue weighted by Gasteiger charge is -2.23. The Morgan fingerprint density at radius 3 is 2.52 bits per heavy atom. The van der Waals surface area contributed by atoms with Crippen LogP contribution >= 0.6 is 0 Å². The largest absolute Gasteiger partial charge is 0.325 e. The summed E-state index contributed by atoms with van der Waals surface area (Å²) in [5, 5.41) is 2.79. The molecule has 1 N–H and O–H groups in total. The van der Waals surface area contributed by atoms with Gasteiger partial charge < -0.3 is 5.32 Å². The van der Waals surface area contributed by atoms with E-state index in [-0.39, 0.29) is 18.2 Å². The predicted molar refractivity (Wildman–Crippen MR) is 102 cm³/mol. The summed E-state index contributed by atoms with van der Waals surface area (Å²) in [4.78, 5) is 39.1. The van der Waals surface area contributed by atoms with E-state index < -0.39 is 11.6 Å². The fourth-order valence-electron chi connectivity index (χ4n) is 3.89. The first-order valence-electron chi connectivity index (χ1n) is 9.25. The van der Waals surface area contributed by atoms with Crippen molar-refractivity contribution in [2.45, 2.75) is 38.6 Å². The van der Waals surface area contributed by atoms with Crippen LogP contribution in [0.25, 0.3) is 0 Å². The minimum atomic E-state index is -1.14. The number of fused-ring (bicyclic) bond motifs is 1. The van der Waals surface area contributed by atoms with Crippen LogP contribution in [0.1, 0.15) is 46.0 Å². The van der Waals surface area contributed by atoms with Crippen molar-refractivity contribution in [3.8, 4) is 0 Å². The van der Waals surface area contributed by atoms with Gasteiger partial charge in [0.15, 0.2) is 5.78 Å². The van der Waals surface area contributed by atoms with Crippen LogP contribution in [0.3, 0.4) is 0 Å². The minimum absolute atomic E-state index is 0.253. The summed E-state index contributed by atoms with van der Waals surface area (Å²) in [7, 11) is 0. The van der Waals surface area contributed by atoms with Crippen molar-refractivity contribution in [3.63, 3.8) is 0 Å². The van der Waals surface area contributed by atoms with Gasteiger partial charge in [0.1, 0.15) is 5.54 Å². The Morgan fingerprint density at radius 2 is 1.78 bits per heavy atom. The zero-order valence-corrected chi connectivity index (χ0v) is 15.5. The Kier molecular flexibility index (Phi) is 4.10. The Labute approximate surface area is 158 Å². The first-order chi connectivity index (χ1) is 12.9. The van der Waals surface area contributed by atoms with Gasteiger partial charge >= 0.3 is 6.03 Å². The summed E-state index contributed by atoms with van der Waals surface area (Å²) in [6.45, 7) is 3.39. The molecule has 1 atom stereocenters. The third-order valence-corrected chi connectivity index (χ3v) is 5.63. The molecule has 138 valence electrons. The molecule has 1 saturated heterocycles. The van der Waals surface area contributed by atoms with E-state index in [9.17, 15) is 14.4 Å². The maximum atomic E-state index is 13.0. The number of hydrogen-bond acceptors (Lipinski definition) is 3. The van der Waals surface area contributed by atoms with Gasteiger partial charge in [0.05, 0.1) is 6.54 Å². The number of aryl methyl sites for hydroxylation is 3. The number of nitrogens with one attached hydrogen (secondary N) is 1. The zero-order chi connectivity index (χ0) is 19.2. The monoisotopic (exact) mass is 362 g/mol. The highest BCUT2D eigenvalue weighted by Gasteiger charge is 2.49. The number of amides is 3. The molecule has 1 aliphatic carbocycles. The van der Waals surface area contributed by atoms with Crippen LogP contribution in [-0.2, 0) is 23.2 Å². The molecule has 0 aromatic heterocycles. The summed E-state index contributed by atoms with van der Waals surface area (Å²) >= 11 is 0. The molecular formula is C22H22N2O3. The minimum Gasteiger partial charge on any atom is -0.319 e. The predicted octanol–water partition coefficient (Wildman–Crippen LogP) is 3.13. The molecular weight excluding hydrogens is 340 g/mol. The Bertz CT molecular complexity index is 949. The van der Waals surface area contributed by atoms with E-state index in [4.69, 9.17) is 0 Å². The van der Waals surface area contributed by atoms with Gasteiger partial charge in [-0.3, -0.25) is 14.5 Å². The maximum absolute atomic E-state index is 13.0. The molecule has 0 saturated carbocycles. The third kappa shape index (κ3) is 2.93. The maximum Gasteiger partial charge on any atom is 0.325 e. The number of urea groups is 1. The van der Waals surface area contributed by atoms with Crippen molar-refractivity contribution in [1.29, 1.82) is 0 Å². The molecule has 0 spiro atoms. The van der Waals surface area contributed by atoms with E-state index >= 15 is 0 Å². The number of carbonyl (C=O) groups excluding carboxylic acids is 3. The second kappa shape index (κ2) is 6.34. The number of benzene rings is 2. The van der Waals surface area contributed by atoms with Crippen molar-refractivity contribution in [1.82, 2.24) is 10.2 Å². The van der Waals surface area contributed by atoms with Crippen molar-refractivity contribution in [3.05, 3.63) is 70.3 Å². The highest BCUT2D eigenvalue weighted by Crippen LogP contribution is 2.32. The van der Waals surface area contributed by atoms with Gasteiger partial charge in [0.25, 0.3) is 5.91 Å². The number of hydrogen-bond donors (Lipinski definition) is 1. The Balaban J connectivity index is 1.58. The summed E-state index contributed by atoms with van der Waals surface area (Å²) in [6, 6.07) is 12.6. The summed E-state index contributed by atoms with van der Waals surface area (Å²) in [5.41, 5.74) is 3.72. The molecule has 2 aromatic rings. The van der Waals surface area contributed by atoms with Crippen LogP contribution in [0, 0.1) is 6.92 Å². The lowest BCUT2D eigenvalue weighted by Crippen LogP contribution is -2.41. The summed E-state index contributed by atoms with van der Waals surface area (Å²) < 4.78 is 0. The van der Waals surface area contributed by atoms with Gasteiger partial charge in [-0.15, -0.1) is 0 Å². The van der Waals surface area contributed by atoms with Crippen LogP contribution in [0.5, 0.6) is 0 Å². The quantitative estimate of drug-likeness (QED) is 0.671. The smallest absolute Gasteiger partial charge is 0.319 e. The first kappa shape index (κ1) is 17.5. The van der Waals surface area contributed by atoms with Gasteiger partial charge in [0.2, 0.25) is 0 Å². The van der Waals surface area contributed by atoms with Crippen LogP contribution in [0.15, 0.2) is 42.5 Å². The number of nitrogens with zero attached hydrogens (tertiary/aromatic N) is 1. The van der Waals surface area contributed by atoms with Gasteiger partial charge in [-0.2, -0.15) is 0 Å². The molecule has 5 heteroatoms. The molecule has 1 heterocycles. The fourth-order valence-corrected chi connectivity index (χ4v) is 3.89. The van der Waals surface area contributed by atoms with Gasteiger partial charge in [-0.25, -0.2) is 4.79 Å². The molecule has 3 amide bonds. The molecule has 0 radical (unpaired) electrons. The molecule has 1 unspecified atom stereocenters. The molecule has 27 heavy (non-hydrogen) atoms. The van der Waals surface area contributed by atoms with Crippen molar-refractivity contribution >= 4 is 17.7 Å². The van der Waals surface area contributed by atoms with E-state index in [1.54, 1.807) is 19.1 Å². The topological polar surface area (TPSA) is 66.5 Å². The molecule has 2 aliphatic rings. The second-order valence-corrected chi connectivity index (χ2v) is 7.57. The highest BCUT2D eigenvalue weighted by molar-refractivity contribution is 6.11. The van der Waals surface area contributed by atoms with Crippen molar-refractivity contribution in [2.75, 3.05) is 6.54 Å². The number of Topliss-reactive ketones (excluding diaryl/α,β-unsaturated/α-hetero) is 1. The van der Waals surface area contributed by atoms with Crippen molar-refractivity contribution in [2.24, 2.45) is 0 Å². The average molecular weight is 362 g/mol. The lowest BCUT2D eigenvalue weighted by atomic mass is 9.89. The molecule has 2 aromatic carbocycles. The Morgan fingerprint density at radius 1 is 1.07 bits per heavy atom. The van der Waals surface area contributed by atoms with Gasteiger partial charge in [-0.05, 0) is 49.8 Å². The van der Waals surface area contributed by atoms with Crippen LogP contribution in [-0.4, -0.2) is 29.2 Å². The van der Waals surface area contributed by atoms with Gasteiger partial charge in [-0.1, -0.05) is 48.0 Å². The van der Waals surface area contributed by atoms with Gasteiger partial charge in [0, 0.05) is 5.56 Å². The lowest BCUT2D eigenvalue weighted by molar-refractivity contribution is -0.130. The fraction of sp³-hybridized carbons (Fsp3) is 0.318. The molecule has 1 fully saturated rings. The van der Waals surface area contributed by atoms with E-state index in [1.165, 1.54) is 11.1 Å². The summed E-state index contributed by atoms with van der Waals surface area (Å²) in [6.07, 6.45) is 3.17. The van der Waals surface area contributed by atoms with E-state index in [0.29, 0.717) is 5.56 Å². The van der Waals surface area contributed by atoms with Crippen LogP contribution in [0.4, 0.5) is 4.79 Å². The Hall–Kier alpha value is -2.95. The molecule has 0 bridgehead atoms. The van der Waals surface area contributed by atoms with Crippen LogP contribution in [0.2, 0.25) is 0 Å². The number of carbonyl (C=O) groups is 3. The third-order valence-electron chi connectivity index (χ3n) is 5.63. The average Bonchev–Trinajstić information content (AvgIpc) is 3.20. The zero-order valence-electron chi connectivity index (χ0n) is 15.5.